The molecule has 8 rings (SSSR count). The number of rotatable bonds is 3. The topological polar surface area (TPSA) is 38.7 Å². The molecule has 0 aliphatic rings. The van der Waals surface area contributed by atoms with Crippen LogP contribution in [0.25, 0.3) is 77.3 Å². The van der Waals surface area contributed by atoms with Crippen molar-refractivity contribution in [1.82, 2.24) is 15.0 Å². The number of aromatic nitrogens is 3. The predicted octanol–water partition coefficient (Wildman–Crippen LogP) is 9.49. The van der Waals surface area contributed by atoms with Crippen LogP contribution in [0.4, 0.5) is 0 Å². The molecule has 186 valence electrons. The Hall–Kier alpha value is -5.41. The zero-order chi connectivity index (χ0) is 26.5. The summed E-state index contributed by atoms with van der Waals surface area (Å²) < 4.78 is 0. The van der Waals surface area contributed by atoms with Crippen LogP contribution in [0.1, 0.15) is 0 Å². The van der Waals surface area contributed by atoms with Crippen molar-refractivity contribution in [3.05, 3.63) is 140 Å². The standard InChI is InChI=1S/C37H23N3/c1-3-12-25(13-4-1)35-38-36(26-14-5-2-6-15-26)40-37(39-35)33-23-27-16-8-10-18-29(27)34-31-20-19-24-11-7-9-17-28(24)30(31)21-22-32(33)34/h1-23H. The Morgan fingerprint density at radius 1 is 0.325 bits per heavy atom. The third kappa shape index (κ3) is 3.63. The molecule has 0 atom stereocenters. The molecular weight excluding hydrogens is 486 g/mol. The van der Waals surface area contributed by atoms with Gasteiger partial charge in [-0.1, -0.05) is 133 Å². The van der Waals surface area contributed by atoms with Gasteiger partial charge in [-0.15, -0.1) is 0 Å². The summed E-state index contributed by atoms with van der Waals surface area (Å²) in [5.41, 5.74) is 2.93. The molecule has 0 fully saturated rings. The molecule has 40 heavy (non-hydrogen) atoms. The van der Waals surface area contributed by atoms with E-state index in [9.17, 15) is 0 Å². The van der Waals surface area contributed by atoms with Crippen LogP contribution in [0, 0.1) is 0 Å². The summed E-state index contributed by atoms with van der Waals surface area (Å²) in [5, 5.41) is 9.72. The molecule has 0 aliphatic heterocycles. The van der Waals surface area contributed by atoms with Crippen LogP contribution in [-0.4, -0.2) is 15.0 Å². The average Bonchev–Trinajstić information content (AvgIpc) is 3.04. The zero-order valence-corrected chi connectivity index (χ0v) is 21.6. The Labute approximate surface area is 231 Å². The molecule has 0 saturated heterocycles. The van der Waals surface area contributed by atoms with E-state index in [4.69, 9.17) is 15.0 Å². The second-order valence-corrected chi connectivity index (χ2v) is 10.1. The first-order valence-corrected chi connectivity index (χ1v) is 13.5. The fourth-order valence-corrected chi connectivity index (χ4v) is 5.80. The molecule has 0 unspecified atom stereocenters. The third-order valence-corrected chi connectivity index (χ3v) is 7.69. The Bertz CT molecular complexity index is 2150. The minimum atomic E-state index is 0.664. The minimum absolute atomic E-state index is 0.664. The lowest BCUT2D eigenvalue weighted by Gasteiger charge is -2.15. The van der Waals surface area contributed by atoms with E-state index in [0.717, 1.165) is 27.5 Å². The number of hydrogen-bond acceptors (Lipinski definition) is 3. The molecule has 0 bridgehead atoms. The average molecular weight is 510 g/mol. The zero-order valence-electron chi connectivity index (χ0n) is 21.6. The second-order valence-electron chi connectivity index (χ2n) is 10.1. The highest BCUT2D eigenvalue weighted by Gasteiger charge is 2.17. The number of benzene rings is 7. The highest BCUT2D eigenvalue weighted by atomic mass is 15.0. The highest BCUT2D eigenvalue weighted by molar-refractivity contribution is 6.27. The van der Waals surface area contributed by atoms with Gasteiger partial charge >= 0.3 is 0 Å². The fourth-order valence-electron chi connectivity index (χ4n) is 5.80. The van der Waals surface area contributed by atoms with E-state index in [1.807, 2.05) is 60.7 Å². The highest BCUT2D eigenvalue weighted by Crippen LogP contribution is 2.40. The summed E-state index contributed by atoms with van der Waals surface area (Å²) in [6.07, 6.45) is 0. The monoisotopic (exact) mass is 509 g/mol. The van der Waals surface area contributed by atoms with E-state index in [1.54, 1.807) is 0 Å². The first-order chi connectivity index (χ1) is 19.8. The van der Waals surface area contributed by atoms with Gasteiger partial charge in [0, 0.05) is 16.7 Å². The van der Waals surface area contributed by atoms with Crippen LogP contribution < -0.4 is 0 Å². The summed E-state index contributed by atoms with van der Waals surface area (Å²) in [4.78, 5) is 15.0. The van der Waals surface area contributed by atoms with E-state index in [-0.39, 0.29) is 0 Å². The third-order valence-electron chi connectivity index (χ3n) is 7.69. The van der Waals surface area contributed by atoms with Gasteiger partial charge in [0.15, 0.2) is 17.5 Å². The van der Waals surface area contributed by atoms with Crippen molar-refractivity contribution < 1.29 is 0 Å². The fraction of sp³-hybridized carbons (Fsp3) is 0. The Morgan fingerprint density at radius 2 is 0.850 bits per heavy atom. The quantitative estimate of drug-likeness (QED) is 0.223. The van der Waals surface area contributed by atoms with Crippen LogP contribution in [-0.2, 0) is 0 Å². The van der Waals surface area contributed by atoms with Gasteiger partial charge in [-0.2, -0.15) is 0 Å². The summed E-state index contributed by atoms with van der Waals surface area (Å²) in [6, 6.07) is 48.7. The summed E-state index contributed by atoms with van der Waals surface area (Å²) in [7, 11) is 0. The van der Waals surface area contributed by atoms with E-state index < -0.39 is 0 Å². The van der Waals surface area contributed by atoms with Gasteiger partial charge in [-0.05, 0) is 49.2 Å². The van der Waals surface area contributed by atoms with Crippen LogP contribution >= 0.6 is 0 Å². The molecule has 3 heteroatoms. The van der Waals surface area contributed by atoms with Gasteiger partial charge in [-0.25, -0.2) is 15.0 Å². The molecule has 0 N–H and O–H groups in total. The second kappa shape index (κ2) is 9.11. The Morgan fingerprint density at radius 3 is 1.55 bits per heavy atom. The first-order valence-electron chi connectivity index (χ1n) is 13.5. The van der Waals surface area contributed by atoms with Gasteiger partial charge in [-0.3, -0.25) is 0 Å². The normalized spacial score (nSPS) is 11.5. The molecule has 0 saturated carbocycles. The van der Waals surface area contributed by atoms with Gasteiger partial charge < -0.3 is 0 Å². The molecule has 0 spiro atoms. The summed E-state index contributed by atoms with van der Waals surface area (Å²) in [5.74, 6) is 2.00. The van der Waals surface area contributed by atoms with Crippen molar-refractivity contribution in [3.8, 4) is 34.2 Å². The molecule has 3 nitrogen and oxygen atoms in total. The van der Waals surface area contributed by atoms with E-state index in [2.05, 4.69) is 78.9 Å². The molecule has 0 radical (unpaired) electrons. The molecule has 8 aromatic rings. The van der Waals surface area contributed by atoms with Crippen LogP contribution in [0.5, 0.6) is 0 Å². The van der Waals surface area contributed by atoms with Crippen LogP contribution in [0.3, 0.4) is 0 Å². The van der Waals surface area contributed by atoms with Crippen molar-refractivity contribution in [3.63, 3.8) is 0 Å². The molecule has 7 aromatic carbocycles. The van der Waals surface area contributed by atoms with Crippen molar-refractivity contribution in [1.29, 1.82) is 0 Å². The minimum Gasteiger partial charge on any atom is -0.208 e. The maximum absolute atomic E-state index is 5.06. The van der Waals surface area contributed by atoms with Crippen molar-refractivity contribution in [2.45, 2.75) is 0 Å². The molecule has 0 amide bonds. The van der Waals surface area contributed by atoms with Gasteiger partial charge in [0.05, 0.1) is 0 Å². The lowest BCUT2D eigenvalue weighted by Crippen LogP contribution is -2.00. The lowest BCUT2D eigenvalue weighted by molar-refractivity contribution is 1.08. The molecule has 1 aromatic heterocycles. The maximum Gasteiger partial charge on any atom is 0.164 e. The van der Waals surface area contributed by atoms with Gasteiger partial charge in [0.2, 0.25) is 0 Å². The molecular formula is C37H23N3. The van der Waals surface area contributed by atoms with Crippen molar-refractivity contribution in [2.75, 3.05) is 0 Å². The molecule has 1 heterocycles. The largest absolute Gasteiger partial charge is 0.208 e. The van der Waals surface area contributed by atoms with Crippen LogP contribution in [0.2, 0.25) is 0 Å². The molecule has 0 aliphatic carbocycles. The maximum atomic E-state index is 5.06. The number of nitrogens with zero attached hydrogens (tertiary/aromatic N) is 3. The smallest absolute Gasteiger partial charge is 0.164 e. The predicted molar refractivity (Wildman–Crippen MR) is 166 cm³/mol. The van der Waals surface area contributed by atoms with Gasteiger partial charge in [0.25, 0.3) is 0 Å². The van der Waals surface area contributed by atoms with Crippen LogP contribution in [0.15, 0.2) is 140 Å². The SMILES string of the molecule is c1ccc(-c2nc(-c3ccccc3)nc(-c3cc4ccccc4c4c3ccc3c5ccccc5ccc34)n2)cc1. The van der Waals surface area contributed by atoms with E-state index >= 15 is 0 Å². The summed E-state index contributed by atoms with van der Waals surface area (Å²) in [6.45, 7) is 0. The van der Waals surface area contributed by atoms with E-state index in [0.29, 0.717) is 17.5 Å². The summed E-state index contributed by atoms with van der Waals surface area (Å²) >= 11 is 0. The van der Waals surface area contributed by atoms with E-state index in [1.165, 1.54) is 32.3 Å². The Kier molecular flexibility index (Phi) is 5.14. The van der Waals surface area contributed by atoms with Gasteiger partial charge in [0.1, 0.15) is 0 Å². The number of fused-ring (bicyclic) bond motifs is 7. The lowest BCUT2D eigenvalue weighted by atomic mass is 9.91. The number of hydrogen-bond donors (Lipinski definition) is 0. The van der Waals surface area contributed by atoms with Crippen molar-refractivity contribution >= 4 is 43.1 Å². The Balaban J connectivity index is 1.49. The first kappa shape index (κ1) is 22.6. The van der Waals surface area contributed by atoms with Crippen molar-refractivity contribution in [2.24, 2.45) is 0 Å².